The lowest BCUT2D eigenvalue weighted by Gasteiger charge is -2.20. The number of nitrogens with zero attached hydrogens (tertiary/aromatic N) is 3. The number of rotatable bonds is 4. The highest BCUT2D eigenvalue weighted by atomic mass is 16.4. The van der Waals surface area contributed by atoms with Gasteiger partial charge in [0.05, 0.1) is 0 Å². The molecule has 0 spiro atoms. The number of amides is 1. The average Bonchev–Trinajstić information content (AvgIpc) is 2.94. The third kappa shape index (κ3) is 4.22. The van der Waals surface area contributed by atoms with Crippen LogP contribution in [-0.4, -0.2) is 34.1 Å². The summed E-state index contributed by atoms with van der Waals surface area (Å²) >= 11 is 0. The highest BCUT2D eigenvalue weighted by Crippen LogP contribution is 2.20. The van der Waals surface area contributed by atoms with Crippen molar-refractivity contribution in [1.82, 2.24) is 15.1 Å². The number of carbonyl (C=O) groups excluding carboxylic acids is 1. The van der Waals surface area contributed by atoms with Crippen LogP contribution >= 0.6 is 0 Å². The van der Waals surface area contributed by atoms with Crippen molar-refractivity contribution < 1.29 is 9.21 Å². The molecule has 0 unspecified atom stereocenters. The van der Waals surface area contributed by atoms with Gasteiger partial charge in [0.25, 0.3) is 0 Å². The van der Waals surface area contributed by atoms with E-state index < -0.39 is 0 Å². The van der Waals surface area contributed by atoms with Crippen LogP contribution in [0.25, 0.3) is 11.5 Å². The molecular formula is C19H25N3O2. The SMILES string of the molecule is Cc1ccc(-c2nnc(CCC(=O)N3CCC[C@@H](C)CC3)o2)cc1. The fraction of sp³-hybridized carbons (Fsp3) is 0.526. The molecule has 0 bridgehead atoms. The molecule has 1 fully saturated rings. The molecule has 0 aliphatic carbocycles. The van der Waals surface area contributed by atoms with E-state index in [0.29, 0.717) is 24.6 Å². The van der Waals surface area contributed by atoms with Gasteiger partial charge in [-0.2, -0.15) is 0 Å². The maximum Gasteiger partial charge on any atom is 0.247 e. The first-order valence-electron chi connectivity index (χ1n) is 8.79. The van der Waals surface area contributed by atoms with E-state index in [1.807, 2.05) is 36.1 Å². The van der Waals surface area contributed by atoms with Crippen LogP contribution < -0.4 is 0 Å². The second kappa shape index (κ2) is 7.60. The van der Waals surface area contributed by atoms with E-state index in [9.17, 15) is 4.79 Å². The van der Waals surface area contributed by atoms with E-state index in [1.165, 1.54) is 12.0 Å². The van der Waals surface area contributed by atoms with E-state index in [2.05, 4.69) is 17.1 Å². The molecule has 0 N–H and O–H groups in total. The van der Waals surface area contributed by atoms with Crippen LogP contribution in [0, 0.1) is 12.8 Å². The summed E-state index contributed by atoms with van der Waals surface area (Å²) in [5.74, 6) is 1.96. The molecule has 0 saturated carbocycles. The minimum absolute atomic E-state index is 0.194. The summed E-state index contributed by atoms with van der Waals surface area (Å²) in [5, 5.41) is 8.17. The first-order valence-corrected chi connectivity index (χ1v) is 8.79. The zero-order valence-corrected chi connectivity index (χ0v) is 14.5. The molecule has 1 saturated heterocycles. The molecule has 1 aliphatic rings. The lowest BCUT2D eigenvalue weighted by molar-refractivity contribution is -0.131. The summed E-state index contributed by atoms with van der Waals surface area (Å²) in [5.41, 5.74) is 2.10. The maximum absolute atomic E-state index is 12.4. The lowest BCUT2D eigenvalue weighted by atomic mass is 10.0. The van der Waals surface area contributed by atoms with Gasteiger partial charge >= 0.3 is 0 Å². The van der Waals surface area contributed by atoms with E-state index in [0.717, 1.165) is 37.4 Å². The molecule has 5 nitrogen and oxygen atoms in total. The number of likely N-dealkylation sites (tertiary alicyclic amines) is 1. The fourth-order valence-corrected chi connectivity index (χ4v) is 3.05. The third-order valence-electron chi connectivity index (χ3n) is 4.69. The van der Waals surface area contributed by atoms with Crippen molar-refractivity contribution in [3.8, 4) is 11.5 Å². The number of benzene rings is 1. The Balaban J connectivity index is 1.55. The van der Waals surface area contributed by atoms with Crippen LogP contribution in [0.15, 0.2) is 28.7 Å². The molecule has 1 aromatic heterocycles. The summed E-state index contributed by atoms with van der Waals surface area (Å²) < 4.78 is 5.70. The largest absolute Gasteiger partial charge is 0.421 e. The predicted octanol–water partition coefficient (Wildman–Crippen LogP) is 3.63. The van der Waals surface area contributed by atoms with Crippen LogP contribution in [0.4, 0.5) is 0 Å². The van der Waals surface area contributed by atoms with Crippen molar-refractivity contribution in [1.29, 1.82) is 0 Å². The van der Waals surface area contributed by atoms with Gasteiger partial charge < -0.3 is 9.32 Å². The second-order valence-electron chi connectivity index (χ2n) is 6.78. The highest BCUT2D eigenvalue weighted by molar-refractivity contribution is 5.76. The van der Waals surface area contributed by atoms with Crippen molar-refractivity contribution >= 4 is 5.91 Å². The van der Waals surface area contributed by atoms with E-state index >= 15 is 0 Å². The molecule has 1 amide bonds. The normalized spacial score (nSPS) is 18.4. The summed E-state index contributed by atoms with van der Waals surface area (Å²) in [6.07, 6.45) is 4.36. The summed E-state index contributed by atoms with van der Waals surface area (Å²) in [6, 6.07) is 7.97. The van der Waals surface area contributed by atoms with Crippen LogP contribution in [0.2, 0.25) is 0 Å². The van der Waals surface area contributed by atoms with Gasteiger partial charge in [-0.3, -0.25) is 4.79 Å². The number of aryl methyl sites for hydroxylation is 2. The van der Waals surface area contributed by atoms with Crippen molar-refractivity contribution in [3.63, 3.8) is 0 Å². The maximum atomic E-state index is 12.4. The van der Waals surface area contributed by atoms with Gasteiger partial charge in [-0.25, -0.2) is 0 Å². The number of carbonyl (C=O) groups is 1. The van der Waals surface area contributed by atoms with Gasteiger partial charge in [-0.15, -0.1) is 10.2 Å². The minimum atomic E-state index is 0.194. The first kappa shape index (κ1) is 16.7. The molecular weight excluding hydrogens is 302 g/mol. The number of aromatic nitrogens is 2. The minimum Gasteiger partial charge on any atom is -0.421 e. The third-order valence-corrected chi connectivity index (χ3v) is 4.69. The first-order chi connectivity index (χ1) is 11.6. The summed E-state index contributed by atoms with van der Waals surface area (Å²) in [4.78, 5) is 14.4. The van der Waals surface area contributed by atoms with Crippen LogP contribution in [0.5, 0.6) is 0 Å². The molecule has 1 aromatic carbocycles. The van der Waals surface area contributed by atoms with E-state index in [4.69, 9.17) is 4.42 Å². The topological polar surface area (TPSA) is 59.2 Å². The molecule has 1 atom stereocenters. The lowest BCUT2D eigenvalue weighted by Crippen LogP contribution is -2.32. The quantitative estimate of drug-likeness (QED) is 0.860. The van der Waals surface area contributed by atoms with Gasteiger partial charge in [0.2, 0.25) is 17.7 Å². The monoisotopic (exact) mass is 327 g/mol. The Labute approximate surface area is 143 Å². The Bertz CT molecular complexity index is 678. The predicted molar refractivity (Wildman–Crippen MR) is 92.4 cm³/mol. The van der Waals surface area contributed by atoms with Gasteiger partial charge in [0.1, 0.15) is 0 Å². The Morgan fingerprint density at radius 3 is 2.79 bits per heavy atom. The average molecular weight is 327 g/mol. The van der Waals surface area contributed by atoms with Crippen molar-refractivity contribution in [2.75, 3.05) is 13.1 Å². The van der Waals surface area contributed by atoms with E-state index in [-0.39, 0.29) is 5.91 Å². The Morgan fingerprint density at radius 1 is 1.21 bits per heavy atom. The molecule has 1 aliphatic heterocycles. The Morgan fingerprint density at radius 2 is 2.00 bits per heavy atom. The van der Waals surface area contributed by atoms with Gasteiger partial charge in [-0.05, 0) is 44.2 Å². The fourth-order valence-electron chi connectivity index (χ4n) is 3.05. The number of hydrogen-bond donors (Lipinski definition) is 0. The van der Waals surface area contributed by atoms with Gasteiger partial charge in [0.15, 0.2) is 0 Å². The molecule has 0 radical (unpaired) electrons. The Hall–Kier alpha value is -2.17. The molecule has 128 valence electrons. The zero-order valence-electron chi connectivity index (χ0n) is 14.5. The van der Waals surface area contributed by atoms with Gasteiger partial charge in [0, 0.05) is 31.5 Å². The molecule has 24 heavy (non-hydrogen) atoms. The summed E-state index contributed by atoms with van der Waals surface area (Å²) in [7, 11) is 0. The van der Waals surface area contributed by atoms with Crippen LogP contribution in [-0.2, 0) is 11.2 Å². The molecule has 2 heterocycles. The van der Waals surface area contributed by atoms with E-state index in [1.54, 1.807) is 0 Å². The number of hydrogen-bond acceptors (Lipinski definition) is 4. The van der Waals surface area contributed by atoms with Gasteiger partial charge in [-0.1, -0.05) is 24.6 Å². The zero-order chi connectivity index (χ0) is 16.9. The Kier molecular flexibility index (Phi) is 5.28. The molecule has 3 rings (SSSR count). The van der Waals surface area contributed by atoms with Crippen molar-refractivity contribution in [3.05, 3.63) is 35.7 Å². The standard InChI is InChI=1S/C19H25N3O2/c1-14-4-3-12-22(13-11-14)18(23)10-9-17-20-21-19(24-17)16-7-5-15(2)6-8-16/h5-8,14H,3-4,9-13H2,1-2H3/t14-/m1/s1. The van der Waals surface area contributed by atoms with Crippen molar-refractivity contribution in [2.24, 2.45) is 5.92 Å². The highest BCUT2D eigenvalue weighted by Gasteiger charge is 2.19. The molecule has 5 heteroatoms. The van der Waals surface area contributed by atoms with Crippen LogP contribution in [0.1, 0.15) is 44.1 Å². The second-order valence-corrected chi connectivity index (χ2v) is 6.78. The summed E-state index contributed by atoms with van der Waals surface area (Å²) in [6.45, 7) is 6.05. The molecule has 2 aromatic rings. The smallest absolute Gasteiger partial charge is 0.247 e. The van der Waals surface area contributed by atoms with Crippen LogP contribution in [0.3, 0.4) is 0 Å². The van der Waals surface area contributed by atoms with Crippen molar-refractivity contribution in [2.45, 2.75) is 46.0 Å².